The van der Waals surface area contributed by atoms with Gasteiger partial charge >= 0.3 is 13.8 Å². The van der Waals surface area contributed by atoms with Crippen molar-refractivity contribution in [2.24, 2.45) is 0 Å². The molecule has 314 valence electrons. The number of quaternary nitrogens is 1. The van der Waals surface area contributed by atoms with Gasteiger partial charge in [0, 0.05) is 13.0 Å². The molecule has 0 saturated carbocycles. The van der Waals surface area contributed by atoms with E-state index in [0.717, 1.165) is 70.6 Å². The number of esters is 1. The van der Waals surface area contributed by atoms with Crippen molar-refractivity contribution < 1.29 is 37.3 Å². The Morgan fingerprint density at radius 3 is 1.61 bits per heavy atom. The van der Waals surface area contributed by atoms with Crippen LogP contribution in [-0.2, 0) is 27.9 Å². The van der Waals surface area contributed by atoms with Gasteiger partial charge in [0.15, 0.2) is 0 Å². The Bertz CT molecular complexity index is 1050. The maximum absolute atomic E-state index is 12.6. The monoisotopic (exact) mass is 781 g/mol. The lowest BCUT2D eigenvalue weighted by molar-refractivity contribution is -0.870. The number of allylic oxidation sites excluding steroid dienone is 10. The van der Waals surface area contributed by atoms with Gasteiger partial charge in [0.2, 0.25) is 0 Å². The summed E-state index contributed by atoms with van der Waals surface area (Å²) < 4.78 is 34.8. The summed E-state index contributed by atoms with van der Waals surface area (Å²) in [5.74, 6) is -0.325. The molecule has 0 radical (unpaired) electrons. The molecule has 0 aromatic rings. The molecule has 0 bridgehead atoms. The van der Waals surface area contributed by atoms with Crippen molar-refractivity contribution in [2.45, 2.75) is 168 Å². The summed E-state index contributed by atoms with van der Waals surface area (Å²) in [5.41, 5.74) is 0. The number of unbranched alkanes of at least 4 members (excludes halogenated alkanes) is 15. The summed E-state index contributed by atoms with van der Waals surface area (Å²) >= 11 is 0. The van der Waals surface area contributed by atoms with E-state index in [1.807, 2.05) is 21.1 Å². The van der Waals surface area contributed by atoms with E-state index in [9.17, 15) is 14.3 Å². The molecule has 0 fully saturated rings. The highest BCUT2D eigenvalue weighted by Gasteiger charge is 2.26. The number of hydrogen-bond acceptors (Lipinski definition) is 6. The summed E-state index contributed by atoms with van der Waals surface area (Å²) in [6.45, 7) is 5.46. The highest BCUT2D eigenvalue weighted by molar-refractivity contribution is 7.47. The average Bonchev–Trinajstić information content (AvgIpc) is 3.12. The summed E-state index contributed by atoms with van der Waals surface area (Å²) in [5, 5.41) is 0. The van der Waals surface area contributed by atoms with E-state index in [1.165, 1.54) is 70.6 Å². The number of nitrogens with zero attached hydrogens (tertiary/aromatic N) is 1. The van der Waals surface area contributed by atoms with Crippen LogP contribution in [0.15, 0.2) is 60.8 Å². The lowest BCUT2D eigenvalue weighted by atomic mass is 10.1. The molecule has 0 rings (SSSR count). The van der Waals surface area contributed by atoms with Crippen LogP contribution < -0.4 is 0 Å². The molecule has 0 aliphatic rings. The fourth-order valence-corrected chi connectivity index (χ4v) is 6.26. The summed E-state index contributed by atoms with van der Waals surface area (Å²) in [7, 11) is 1.66. The van der Waals surface area contributed by atoms with Gasteiger partial charge in [-0.05, 0) is 57.8 Å². The van der Waals surface area contributed by atoms with Crippen LogP contribution >= 0.6 is 7.82 Å². The number of rotatable bonds is 39. The molecule has 0 aromatic heterocycles. The van der Waals surface area contributed by atoms with Crippen LogP contribution in [0.3, 0.4) is 0 Å². The minimum Gasteiger partial charge on any atom is -0.457 e. The molecule has 2 atom stereocenters. The van der Waals surface area contributed by atoms with Crippen molar-refractivity contribution in [2.75, 3.05) is 54.1 Å². The van der Waals surface area contributed by atoms with Gasteiger partial charge in [-0.3, -0.25) is 13.8 Å². The second-order valence-corrected chi connectivity index (χ2v) is 16.8. The molecule has 1 N–H and O–H groups in total. The minimum absolute atomic E-state index is 0.0856. The third-order valence-corrected chi connectivity index (χ3v) is 9.83. The zero-order chi connectivity index (χ0) is 39.9. The third kappa shape index (κ3) is 41.4. The SMILES string of the molecule is CC/C=C\C/C=C\C/C=C\C/C=C\C/C=C\CCCCCCCCCCCC(=O)OC(COCCCCCCCCC)COP(=O)(O)OCC[N+](C)(C)C. The van der Waals surface area contributed by atoms with Crippen LogP contribution in [0.2, 0.25) is 0 Å². The second kappa shape index (κ2) is 38.1. The lowest BCUT2D eigenvalue weighted by Gasteiger charge is -2.24. The number of ether oxygens (including phenoxy) is 2. The van der Waals surface area contributed by atoms with Crippen LogP contribution in [0, 0.1) is 0 Å². The van der Waals surface area contributed by atoms with Crippen LogP contribution in [0.1, 0.15) is 162 Å². The fourth-order valence-electron chi connectivity index (χ4n) is 5.52. The number of phosphoric acid groups is 1. The van der Waals surface area contributed by atoms with E-state index >= 15 is 0 Å². The molecule has 0 aliphatic carbocycles. The molecule has 0 amide bonds. The molecule has 0 aromatic carbocycles. The quantitative estimate of drug-likeness (QED) is 0.0218. The van der Waals surface area contributed by atoms with Crippen molar-refractivity contribution >= 4 is 13.8 Å². The minimum atomic E-state index is -4.27. The van der Waals surface area contributed by atoms with Crippen molar-refractivity contribution in [3.63, 3.8) is 0 Å². The number of phosphoric ester groups is 1. The van der Waals surface area contributed by atoms with Gasteiger partial charge in [0.1, 0.15) is 19.3 Å². The smallest absolute Gasteiger partial charge is 0.457 e. The number of likely N-dealkylation sites (N-methyl/N-ethyl adjacent to an activating group) is 1. The first kappa shape index (κ1) is 52.2. The fraction of sp³-hybridized carbons (Fsp3) is 0.756. The highest BCUT2D eigenvalue weighted by Crippen LogP contribution is 2.43. The Morgan fingerprint density at radius 1 is 0.593 bits per heavy atom. The first-order valence-electron chi connectivity index (χ1n) is 21.5. The van der Waals surface area contributed by atoms with E-state index in [-0.39, 0.29) is 25.8 Å². The first-order valence-corrected chi connectivity index (χ1v) is 23.0. The normalized spacial score (nSPS) is 14.4. The Kier molecular flexibility index (Phi) is 36.8. The zero-order valence-electron chi connectivity index (χ0n) is 35.4. The van der Waals surface area contributed by atoms with Crippen LogP contribution in [0.25, 0.3) is 0 Å². The van der Waals surface area contributed by atoms with Gasteiger partial charge < -0.3 is 18.9 Å². The maximum atomic E-state index is 12.6. The Labute approximate surface area is 332 Å². The topological polar surface area (TPSA) is 91.3 Å². The van der Waals surface area contributed by atoms with Crippen LogP contribution in [0.5, 0.6) is 0 Å². The first-order chi connectivity index (χ1) is 26.1. The van der Waals surface area contributed by atoms with E-state index < -0.39 is 13.9 Å². The Balaban J connectivity index is 4.07. The van der Waals surface area contributed by atoms with Crippen LogP contribution in [0.4, 0.5) is 0 Å². The van der Waals surface area contributed by atoms with Crippen molar-refractivity contribution in [1.29, 1.82) is 0 Å². The Morgan fingerprint density at radius 2 is 1.07 bits per heavy atom. The highest BCUT2D eigenvalue weighted by atomic mass is 31.2. The number of carbonyl (C=O) groups excluding carboxylic acids is 1. The van der Waals surface area contributed by atoms with E-state index in [0.29, 0.717) is 24.1 Å². The van der Waals surface area contributed by atoms with Crippen molar-refractivity contribution in [3.05, 3.63) is 60.8 Å². The molecule has 8 nitrogen and oxygen atoms in total. The third-order valence-electron chi connectivity index (χ3n) is 8.84. The van der Waals surface area contributed by atoms with Gasteiger partial charge in [0.25, 0.3) is 0 Å². The van der Waals surface area contributed by atoms with Gasteiger partial charge in [-0.15, -0.1) is 0 Å². The van der Waals surface area contributed by atoms with Crippen molar-refractivity contribution in [1.82, 2.24) is 0 Å². The number of carbonyl (C=O) groups is 1. The largest absolute Gasteiger partial charge is 0.472 e. The Hall–Kier alpha value is -1.80. The van der Waals surface area contributed by atoms with Gasteiger partial charge in [-0.2, -0.15) is 0 Å². The van der Waals surface area contributed by atoms with Crippen molar-refractivity contribution in [3.8, 4) is 0 Å². The molecule has 54 heavy (non-hydrogen) atoms. The van der Waals surface area contributed by atoms with E-state index in [1.54, 1.807) is 0 Å². The van der Waals surface area contributed by atoms with Gasteiger partial charge in [-0.25, -0.2) is 4.57 Å². The van der Waals surface area contributed by atoms with E-state index in [2.05, 4.69) is 74.6 Å². The van der Waals surface area contributed by atoms with Crippen LogP contribution in [-0.4, -0.2) is 75.6 Å². The molecular weight excluding hydrogens is 697 g/mol. The van der Waals surface area contributed by atoms with E-state index in [4.69, 9.17) is 18.5 Å². The number of hydrogen-bond donors (Lipinski definition) is 1. The lowest BCUT2D eigenvalue weighted by Crippen LogP contribution is -2.37. The molecule has 2 unspecified atom stereocenters. The zero-order valence-corrected chi connectivity index (χ0v) is 36.3. The van der Waals surface area contributed by atoms with Gasteiger partial charge in [0.05, 0.1) is 34.4 Å². The summed E-state index contributed by atoms with van der Waals surface area (Å²) in [6.07, 6.45) is 46.9. The molecule has 9 heteroatoms. The molecule has 0 aliphatic heterocycles. The summed E-state index contributed by atoms with van der Waals surface area (Å²) in [6, 6.07) is 0. The molecular formula is C45H83NO7P+. The molecule has 0 heterocycles. The summed E-state index contributed by atoms with van der Waals surface area (Å²) in [4.78, 5) is 22.8. The van der Waals surface area contributed by atoms with Gasteiger partial charge in [-0.1, -0.05) is 158 Å². The predicted molar refractivity (Wildman–Crippen MR) is 229 cm³/mol. The maximum Gasteiger partial charge on any atom is 0.472 e. The second-order valence-electron chi connectivity index (χ2n) is 15.3. The predicted octanol–water partition coefficient (Wildman–Crippen LogP) is 12.5. The average molecular weight is 781 g/mol. The molecule has 0 saturated heterocycles. The molecule has 0 spiro atoms. The standard InChI is InChI=1S/C45H82NO7P/c1-6-8-10-12-14-15-16-17-18-19-20-21-22-23-24-25-26-27-28-29-30-31-32-34-36-38-45(47)53-44(42-50-40-37-35-33-13-11-9-7-2)43-52-54(48,49)51-41-39-46(3,4)5/h8,10,14-15,17-18,20-21,23-24,44H,6-7,9,11-13,16,19,22,25-43H2,1-5H3/p+1/b10-8-,15-14-,18-17-,21-20-,24-23-.